The minimum atomic E-state index is -1.17. The first-order chi connectivity index (χ1) is 43.2. The molecule has 0 saturated heterocycles. The van der Waals surface area contributed by atoms with E-state index < -0.39 is 78.3 Å². The zero-order valence-electron chi connectivity index (χ0n) is 50.3. The van der Waals surface area contributed by atoms with E-state index in [2.05, 4.69) is 0 Å². The molecule has 480 valence electrons. The molecule has 4 aromatic carbocycles. The smallest absolute Gasteiger partial charge is 0.494 e. The highest BCUT2D eigenvalue weighted by molar-refractivity contribution is 5.91. The van der Waals surface area contributed by atoms with Crippen molar-refractivity contribution in [3.8, 4) is 23.0 Å². The molecule has 0 unspecified atom stereocenters. The standard InChI is InChI=1S/C65H76O24/c1-5-74-49-25-9-41(10-26-49)57(66)82-86-61(70)78-53-33-17-45(18-34-53)65(46-19-35-54(36-20-46)79-62(71)87-83-58(67)42-11-27-50(28-12-42)75-6-2,47-21-37-55(38-22-47)80-63(72)88-84-59(68)43-13-29-51(30-14-43)76-7-3)48-23-39-56(40-24-48)81-64(73)89-85-60(69)44-15-31-52(32-16-44)77-8-4/h9-16,25-32,45-48,53-56H,5-8,17-24,33-40H2,1-4H3. The molecule has 0 spiro atoms. The van der Waals surface area contributed by atoms with Crippen molar-refractivity contribution >= 4 is 48.5 Å². The van der Waals surface area contributed by atoms with E-state index in [1.165, 1.54) is 48.5 Å². The first kappa shape index (κ1) is 66.0. The molecule has 4 aliphatic carbocycles. The summed E-state index contributed by atoms with van der Waals surface area (Å²) in [5, 5.41) is 0. The predicted octanol–water partition coefficient (Wildman–Crippen LogP) is 13.5. The molecule has 4 aromatic rings. The quantitative estimate of drug-likeness (QED) is 0.0344. The molecule has 0 aromatic heterocycles. The van der Waals surface area contributed by atoms with Crippen molar-refractivity contribution in [1.29, 1.82) is 0 Å². The van der Waals surface area contributed by atoms with Crippen molar-refractivity contribution in [2.45, 2.75) is 155 Å². The highest BCUT2D eigenvalue weighted by atomic mass is 17.3. The van der Waals surface area contributed by atoms with Gasteiger partial charge in [0.15, 0.2) is 0 Å². The van der Waals surface area contributed by atoms with E-state index in [-0.39, 0.29) is 45.9 Å². The second-order valence-corrected chi connectivity index (χ2v) is 22.0. The summed E-state index contributed by atoms with van der Waals surface area (Å²) in [6, 6.07) is 24.5. The number of hydrogen-bond acceptors (Lipinski definition) is 24. The fraction of sp³-hybridized carbons (Fsp3) is 0.508. The largest absolute Gasteiger partial charge is 0.550 e. The molecule has 4 aliphatic rings. The van der Waals surface area contributed by atoms with Gasteiger partial charge in [0.05, 0.1) is 48.7 Å². The molecule has 0 bridgehead atoms. The Morgan fingerprint density at radius 2 is 0.461 bits per heavy atom. The molecule has 0 amide bonds. The van der Waals surface area contributed by atoms with Gasteiger partial charge >= 0.3 is 48.5 Å². The lowest BCUT2D eigenvalue weighted by atomic mass is 9.45. The minimum absolute atomic E-state index is 0.0224. The normalized spacial score (nSPS) is 22.1. The summed E-state index contributed by atoms with van der Waals surface area (Å²) in [7, 11) is 0. The molecule has 4 fully saturated rings. The van der Waals surface area contributed by atoms with Gasteiger partial charge in [0.1, 0.15) is 47.4 Å². The van der Waals surface area contributed by atoms with Crippen LogP contribution in [0.2, 0.25) is 0 Å². The maximum atomic E-state index is 13.1. The Bertz CT molecular complexity index is 2550. The number of rotatable bonds is 20. The molecule has 0 atom stereocenters. The van der Waals surface area contributed by atoms with Crippen LogP contribution in [0.1, 0.15) is 172 Å². The molecule has 8 rings (SSSR count). The van der Waals surface area contributed by atoms with E-state index in [1.807, 2.05) is 27.7 Å². The summed E-state index contributed by atoms with van der Waals surface area (Å²) in [6.07, 6.45) is 1.33. The van der Waals surface area contributed by atoms with E-state index in [0.717, 1.165) is 0 Å². The van der Waals surface area contributed by atoms with E-state index in [0.29, 0.717) is 152 Å². The molecule has 24 nitrogen and oxygen atoms in total. The summed E-state index contributed by atoms with van der Waals surface area (Å²) >= 11 is 0. The average Bonchev–Trinajstić information content (AvgIpc) is 1.24. The summed E-state index contributed by atoms with van der Waals surface area (Å²) in [5.41, 5.74) is 0.0668. The Labute approximate surface area is 514 Å². The van der Waals surface area contributed by atoms with Crippen LogP contribution < -0.4 is 18.9 Å². The van der Waals surface area contributed by atoms with Gasteiger partial charge in [0.2, 0.25) is 0 Å². The van der Waals surface area contributed by atoms with Gasteiger partial charge in [-0.25, -0.2) is 58.3 Å². The molecular weight excluding hydrogens is 1160 g/mol. The topological polar surface area (TPSA) is 284 Å². The van der Waals surface area contributed by atoms with Crippen molar-refractivity contribution in [3.63, 3.8) is 0 Å². The zero-order valence-corrected chi connectivity index (χ0v) is 50.3. The van der Waals surface area contributed by atoms with Crippen molar-refractivity contribution < 1.29 is 115 Å². The lowest BCUT2D eigenvalue weighted by Crippen LogP contribution is -2.54. The monoisotopic (exact) mass is 1240 g/mol. The molecule has 24 heteroatoms. The number of benzene rings is 4. The van der Waals surface area contributed by atoms with Gasteiger partial charge in [-0.05, 0) is 257 Å². The van der Waals surface area contributed by atoms with Crippen LogP contribution in [-0.2, 0) is 58.0 Å². The highest BCUT2D eigenvalue weighted by Gasteiger charge is 2.57. The van der Waals surface area contributed by atoms with Gasteiger partial charge in [0, 0.05) is 0 Å². The van der Waals surface area contributed by atoms with Crippen molar-refractivity contribution in [2.24, 2.45) is 29.1 Å². The van der Waals surface area contributed by atoms with Gasteiger partial charge in [0.25, 0.3) is 0 Å². The molecule has 4 saturated carbocycles. The number of carbonyl (C=O) groups is 8. The Morgan fingerprint density at radius 3 is 0.629 bits per heavy atom. The fourth-order valence-corrected chi connectivity index (χ4v) is 13.2. The first-order valence-corrected chi connectivity index (χ1v) is 30.5. The third-order valence-corrected chi connectivity index (χ3v) is 16.9. The Hall–Kier alpha value is -8.96. The van der Waals surface area contributed by atoms with Crippen LogP contribution in [0.5, 0.6) is 23.0 Å². The van der Waals surface area contributed by atoms with Crippen LogP contribution >= 0.6 is 0 Å². The third-order valence-electron chi connectivity index (χ3n) is 16.9. The fourth-order valence-electron chi connectivity index (χ4n) is 13.2. The molecule has 0 aliphatic heterocycles. The van der Waals surface area contributed by atoms with Gasteiger partial charge < -0.3 is 37.9 Å². The second-order valence-electron chi connectivity index (χ2n) is 22.0. The van der Waals surface area contributed by atoms with Crippen LogP contribution in [0.4, 0.5) is 19.2 Å². The summed E-state index contributed by atoms with van der Waals surface area (Å²) < 4.78 is 44.7. The molecule has 0 radical (unpaired) electrons. The SMILES string of the molecule is CCOc1ccc(C(=O)OOC(=O)OC2CCC(C(C3CCC(OC(=O)OOC(=O)c4ccc(OCC)cc4)CC3)(C3CCC(OC(=O)OOC(=O)c4ccc(OCC)cc4)CC3)C3CCC(OC(=O)OOC(=O)c4ccc(OCC)cc4)CC3)CC2)cc1. The van der Waals surface area contributed by atoms with Crippen LogP contribution in [0.25, 0.3) is 0 Å². The first-order valence-electron chi connectivity index (χ1n) is 30.5. The van der Waals surface area contributed by atoms with Crippen LogP contribution in [-0.4, -0.2) is 99.3 Å². The van der Waals surface area contributed by atoms with E-state index in [4.69, 9.17) is 77.0 Å². The lowest BCUT2D eigenvalue weighted by molar-refractivity contribution is -0.213. The van der Waals surface area contributed by atoms with Gasteiger partial charge in [-0.3, -0.25) is 0 Å². The maximum absolute atomic E-state index is 13.1. The molecular formula is C65H76O24. The molecule has 0 heterocycles. The van der Waals surface area contributed by atoms with Crippen molar-refractivity contribution in [3.05, 3.63) is 119 Å². The minimum Gasteiger partial charge on any atom is -0.494 e. The van der Waals surface area contributed by atoms with Gasteiger partial charge in [-0.15, -0.1) is 0 Å². The summed E-state index contributed by atoms with van der Waals surface area (Å²) in [4.78, 5) is 142. The third kappa shape index (κ3) is 18.5. The highest BCUT2D eigenvalue weighted by Crippen LogP contribution is 2.63. The van der Waals surface area contributed by atoms with E-state index in [9.17, 15) is 38.4 Å². The van der Waals surface area contributed by atoms with Gasteiger partial charge in [-0.2, -0.15) is 19.2 Å². The van der Waals surface area contributed by atoms with Crippen LogP contribution in [0, 0.1) is 29.1 Å². The number of carbonyl (C=O) groups excluding carboxylic acids is 8. The van der Waals surface area contributed by atoms with Crippen molar-refractivity contribution in [2.75, 3.05) is 26.4 Å². The Morgan fingerprint density at radius 1 is 0.281 bits per heavy atom. The maximum Gasteiger partial charge on any atom is 0.550 e. The molecule has 0 N–H and O–H groups in total. The Kier molecular flexibility index (Phi) is 24.4. The lowest BCUT2D eigenvalue weighted by Gasteiger charge is -2.60. The summed E-state index contributed by atoms with van der Waals surface area (Å²) in [5.74, 6) is -1.32. The number of hydrogen-bond donors (Lipinski definition) is 0. The van der Waals surface area contributed by atoms with Crippen molar-refractivity contribution in [1.82, 2.24) is 0 Å². The second kappa shape index (κ2) is 32.9. The van der Waals surface area contributed by atoms with Crippen LogP contribution in [0.15, 0.2) is 97.1 Å². The molecule has 89 heavy (non-hydrogen) atoms. The zero-order chi connectivity index (χ0) is 63.1. The average molecular weight is 1240 g/mol. The van der Waals surface area contributed by atoms with Gasteiger partial charge in [-0.1, -0.05) is 0 Å². The van der Waals surface area contributed by atoms with E-state index in [1.54, 1.807) is 48.5 Å². The predicted molar refractivity (Wildman–Crippen MR) is 308 cm³/mol. The van der Waals surface area contributed by atoms with E-state index >= 15 is 0 Å². The number of ether oxygens (including phenoxy) is 8. The summed E-state index contributed by atoms with van der Waals surface area (Å²) in [6.45, 7) is 9.07. The van der Waals surface area contributed by atoms with Crippen LogP contribution in [0.3, 0.4) is 0 Å². The Balaban J connectivity index is 0.962.